The van der Waals surface area contributed by atoms with Crippen LogP contribution in [0.25, 0.3) is 22.0 Å². The Morgan fingerprint density at radius 1 is 1.14 bits per heavy atom. The third-order valence-electron chi connectivity index (χ3n) is 5.30. The van der Waals surface area contributed by atoms with Crippen LogP contribution >= 0.6 is 0 Å². The molecule has 0 N–H and O–H groups in total. The molecule has 3 aromatic rings. The summed E-state index contributed by atoms with van der Waals surface area (Å²) in [5.74, 6) is -0.170. The summed E-state index contributed by atoms with van der Waals surface area (Å²) in [5.41, 5.74) is 6.97. The summed E-state index contributed by atoms with van der Waals surface area (Å²) in [6, 6.07) is 11.6. The van der Waals surface area contributed by atoms with Crippen molar-refractivity contribution in [1.82, 2.24) is 4.98 Å². The van der Waals surface area contributed by atoms with Crippen molar-refractivity contribution in [2.45, 2.75) is 52.9 Å². The molecular formula is C25H28FNO2. The zero-order valence-corrected chi connectivity index (χ0v) is 17.8. The Morgan fingerprint density at radius 3 is 2.55 bits per heavy atom. The van der Waals surface area contributed by atoms with Gasteiger partial charge >= 0.3 is 5.97 Å². The van der Waals surface area contributed by atoms with Crippen molar-refractivity contribution in [2.75, 3.05) is 7.11 Å². The van der Waals surface area contributed by atoms with Crippen molar-refractivity contribution in [3.05, 3.63) is 64.6 Å². The predicted molar refractivity (Wildman–Crippen MR) is 116 cm³/mol. The Hall–Kier alpha value is -2.75. The number of methoxy groups -OCH3 is 1. The molecule has 0 unspecified atom stereocenters. The van der Waals surface area contributed by atoms with E-state index in [9.17, 15) is 9.18 Å². The fourth-order valence-corrected chi connectivity index (χ4v) is 3.87. The van der Waals surface area contributed by atoms with Gasteiger partial charge in [0.15, 0.2) is 0 Å². The van der Waals surface area contributed by atoms with Crippen LogP contribution in [0.3, 0.4) is 0 Å². The SMILES string of the molecule is COC(=O)CCCc1nc2cc(C)ccc2c(-c2ccc(F)c(C)c2)c1C(C)C. The molecular weight excluding hydrogens is 365 g/mol. The second-order valence-corrected chi connectivity index (χ2v) is 7.92. The molecule has 152 valence electrons. The molecule has 29 heavy (non-hydrogen) atoms. The van der Waals surface area contributed by atoms with Crippen molar-refractivity contribution < 1.29 is 13.9 Å². The standard InChI is InChI=1S/C25H28FNO2/c1-15(2)24-21(7-6-8-23(28)29-5)27-22-13-16(3)9-11-19(22)25(24)18-10-12-20(26)17(4)14-18/h9-15H,6-8H2,1-5H3. The zero-order chi connectivity index (χ0) is 21.1. The maximum absolute atomic E-state index is 13.9. The van der Waals surface area contributed by atoms with E-state index in [0.29, 0.717) is 24.8 Å². The normalized spacial score (nSPS) is 11.3. The Morgan fingerprint density at radius 2 is 1.90 bits per heavy atom. The Balaban J connectivity index is 2.23. The average Bonchev–Trinajstić information content (AvgIpc) is 2.68. The first kappa shape index (κ1) is 21.0. The van der Waals surface area contributed by atoms with Gasteiger partial charge < -0.3 is 4.74 Å². The maximum atomic E-state index is 13.9. The number of pyridine rings is 1. The van der Waals surface area contributed by atoms with Crippen molar-refractivity contribution in [1.29, 1.82) is 0 Å². The Bertz CT molecular complexity index is 1060. The van der Waals surface area contributed by atoms with Gasteiger partial charge in [-0.25, -0.2) is 4.39 Å². The summed E-state index contributed by atoms with van der Waals surface area (Å²) in [6.07, 6.45) is 1.74. The van der Waals surface area contributed by atoms with Gasteiger partial charge in [-0.05, 0) is 78.6 Å². The quantitative estimate of drug-likeness (QED) is 0.463. The van der Waals surface area contributed by atoms with Crippen molar-refractivity contribution in [2.24, 2.45) is 0 Å². The molecule has 0 aliphatic heterocycles. The van der Waals surface area contributed by atoms with Crippen LogP contribution in [-0.4, -0.2) is 18.1 Å². The van der Waals surface area contributed by atoms with E-state index < -0.39 is 0 Å². The van der Waals surface area contributed by atoms with Crippen molar-refractivity contribution in [3.63, 3.8) is 0 Å². The molecule has 0 fully saturated rings. The minimum atomic E-state index is -0.206. The first-order valence-corrected chi connectivity index (χ1v) is 10.1. The third kappa shape index (κ3) is 4.47. The van der Waals surface area contributed by atoms with Crippen LogP contribution in [0.5, 0.6) is 0 Å². The number of halogens is 1. The molecule has 3 nitrogen and oxygen atoms in total. The van der Waals surface area contributed by atoms with Gasteiger partial charge in [-0.15, -0.1) is 0 Å². The molecule has 0 radical (unpaired) electrons. The molecule has 4 heteroatoms. The third-order valence-corrected chi connectivity index (χ3v) is 5.30. The number of fused-ring (bicyclic) bond motifs is 1. The highest BCUT2D eigenvalue weighted by Gasteiger charge is 2.20. The molecule has 1 aromatic heterocycles. The summed E-state index contributed by atoms with van der Waals surface area (Å²) < 4.78 is 18.7. The molecule has 2 aromatic carbocycles. The Labute approximate surface area is 171 Å². The highest BCUT2D eigenvalue weighted by Crippen LogP contribution is 2.38. The second-order valence-electron chi connectivity index (χ2n) is 7.92. The van der Waals surface area contributed by atoms with Crippen LogP contribution < -0.4 is 0 Å². The lowest BCUT2D eigenvalue weighted by Crippen LogP contribution is -2.07. The number of ether oxygens (including phenoxy) is 1. The van der Waals surface area contributed by atoms with E-state index in [2.05, 4.69) is 39.0 Å². The highest BCUT2D eigenvalue weighted by atomic mass is 19.1. The molecule has 0 saturated carbocycles. The van der Waals surface area contributed by atoms with E-state index in [1.807, 2.05) is 12.1 Å². The molecule has 0 aliphatic carbocycles. The van der Waals surface area contributed by atoms with E-state index in [0.717, 1.165) is 38.9 Å². The van der Waals surface area contributed by atoms with Crippen molar-refractivity contribution in [3.8, 4) is 11.1 Å². The number of rotatable bonds is 6. The van der Waals surface area contributed by atoms with Crippen LogP contribution in [0.2, 0.25) is 0 Å². The zero-order valence-electron chi connectivity index (χ0n) is 17.8. The first-order valence-electron chi connectivity index (χ1n) is 10.1. The molecule has 0 atom stereocenters. The van der Waals surface area contributed by atoms with E-state index in [1.165, 1.54) is 13.2 Å². The number of esters is 1. The van der Waals surface area contributed by atoms with Gasteiger partial charge in [-0.3, -0.25) is 9.78 Å². The summed E-state index contributed by atoms with van der Waals surface area (Å²) in [6.45, 7) is 8.15. The van der Waals surface area contributed by atoms with E-state index in [4.69, 9.17) is 9.72 Å². The van der Waals surface area contributed by atoms with Gasteiger partial charge in [0, 0.05) is 17.5 Å². The molecule has 0 bridgehead atoms. The lowest BCUT2D eigenvalue weighted by Gasteiger charge is -2.21. The van der Waals surface area contributed by atoms with E-state index in [1.54, 1.807) is 6.92 Å². The van der Waals surface area contributed by atoms with Gasteiger partial charge in [0.1, 0.15) is 5.82 Å². The second kappa shape index (κ2) is 8.73. The van der Waals surface area contributed by atoms with Crippen LogP contribution in [0.1, 0.15) is 55.0 Å². The van der Waals surface area contributed by atoms with Gasteiger partial charge in [0.25, 0.3) is 0 Å². The van der Waals surface area contributed by atoms with Crippen LogP contribution in [0, 0.1) is 19.7 Å². The maximum Gasteiger partial charge on any atom is 0.305 e. The minimum Gasteiger partial charge on any atom is -0.469 e. The molecule has 0 spiro atoms. The Kier molecular flexibility index (Phi) is 6.31. The van der Waals surface area contributed by atoms with Crippen LogP contribution in [0.4, 0.5) is 4.39 Å². The first-order chi connectivity index (χ1) is 13.8. The summed E-state index contributed by atoms with van der Waals surface area (Å²) in [5, 5.41) is 1.07. The van der Waals surface area contributed by atoms with E-state index >= 15 is 0 Å². The van der Waals surface area contributed by atoms with Crippen LogP contribution in [-0.2, 0) is 16.0 Å². The lowest BCUT2D eigenvalue weighted by atomic mass is 9.86. The van der Waals surface area contributed by atoms with Gasteiger partial charge in [-0.2, -0.15) is 0 Å². The van der Waals surface area contributed by atoms with Gasteiger partial charge in [0.05, 0.1) is 12.6 Å². The number of nitrogens with zero attached hydrogens (tertiary/aromatic N) is 1. The average molecular weight is 394 g/mol. The fourth-order valence-electron chi connectivity index (χ4n) is 3.87. The molecule has 1 heterocycles. The van der Waals surface area contributed by atoms with Gasteiger partial charge in [-0.1, -0.05) is 32.0 Å². The summed E-state index contributed by atoms with van der Waals surface area (Å²) in [4.78, 5) is 16.5. The monoisotopic (exact) mass is 393 g/mol. The van der Waals surface area contributed by atoms with Gasteiger partial charge in [0.2, 0.25) is 0 Å². The highest BCUT2D eigenvalue weighted by molar-refractivity contribution is 5.97. The minimum absolute atomic E-state index is 0.202. The number of hydrogen-bond donors (Lipinski definition) is 0. The van der Waals surface area contributed by atoms with Crippen molar-refractivity contribution >= 4 is 16.9 Å². The number of carbonyl (C=O) groups is 1. The lowest BCUT2D eigenvalue weighted by molar-refractivity contribution is -0.140. The number of carbonyl (C=O) groups excluding carboxylic acids is 1. The number of aryl methyl sites for hydroxylation is 3. The number of aromatic nitrogens is 1. The fraction of sp³-hybridized carbons (Fsp3) is 0.360. The number of hydrogen-bond acceptors (Lipinski definition) is 3. The molecule has 0 saturated heterocycles. The molecule has 0 aliphatic rings. The summed E-state index contributed by atoms with van der Waals surface area (Å²) in [7, 11) is 1.41. The topological polar surface area (TPSA) is 39.2 Å². The molecule has 0 amide bonds. The molecule has 3 rings (SSSR count). The number of benzene rings is 2. The smallest absolute Gasteiger partial charge is 0.305 e. The van der Waals surface area contributed by atoms with Crippen LogP contribution in [0.15, 0.2) is 36.4 Å². The summed E-state index contributed by atoms with van der Waals surface area (Å²) >= 11 is 0. The van der Waals surface area contributed by atoms with E-state index in [-0.39, 0.29) is 17.7 Å². The largest absolute Gasteiger partial charge is 0.469 e. The predicted octanol–water partition coefficient (Wildman–Crippen LogP) is 6.28.